The number of benzene rings is 1. The van der Waals surface area contributed by atoms with Crippen molar-refractivity contribution >= 4 is 23.4 Å². The maximum Gasteiger partial charge on any atom is 0.243 e. The van der Waals surface area contributed by atoms with Crippen LogP contribution < -0.4 is 16.1 Å². The molecule has 3 amide bonds. The van der Waals surface area contributed by atoms with Crippen LogP contribution in [0.1, 0.15) is 51.0 Å². The molecule has 1 rings (SSSR count). The van der Waals surface area contributed by atoms with E-state index in [-0.39, 0.29) is 18.2 Å². The van der Waals surface area contributed by atoms with Gasteiger partial charge in [0.1, 0.15) is 0 Å². The Morgan fingerprint density at radius 3 is 2.08 bits per heavy atom. The van der Waals surface area contributed by atoms with Gasteiger partial charge in [-0.2, -0.15) is 0 Å². The second kappa shape index (κ2) is 12.0. The van der Waals surface area contributed by atoms with Gasteiger partial charge in [0.2, 0.25) is 17.7 Å². The first kappa shape index (κ1) is 20.6. The molecule has 1 aromatic carbocycles. The monoisotopic (exact) mass is 349 g/mol. The highest BCUT2D eigenvalue weighted by atomic mass is 16.5. The standard InChI is InChI=1S/C18H27N3O4/c1-2-19-16(22)9-5-6-14-10-12-15(13-11-14)20-17(23)7-3-4-8-18(24)21-25/h10-13,25H,2-9H2,1H3,(H,19,22)(H,20,23)(H,21,24). The van der Waals surface area contributed by atoms with E-state index >= 15 is 0 Å². The predicted octanol–water partition coefficient (Wildman–Crippen LogP) is 2.15. The molecule has 0 radical (unpaired) electrons. The molecule has 0 atom stereocenters. The number of aryl methyl sites for hydroxylation is 1. The van der Waals surface area contributed by atoms with Gasteiger partial charge < -0.3 is 10.6 Å². The lowest BCUT2D eigenvalue weighted by molar-refractivity contribution is -0.129. The zero-order valence-electron chi connectivity index (χ0n) is 14.6. The van der Waals surface area contributed by atoms with Crippen LogP contribution in [0, 0.1) is 0 Å². The molecule has 0 aliphatic heterocycles. The first-order valence-electron chi connectivity index (χ1n) is 8.63. The van der Waals surface area contributed by atoms with Crippen molar-refractivity contribution in [1.29, 1.82) is 0 Å². The molecule has 1 aromatic rings. The topological polar surface area (TPSA) is 108 Å². The molecule has 4 N–H and O–H groups in total. The van der Waals surface area contributed by atoms with Crippen molar-refractivity contribution < 1.29 is 19.6 Å². The maximum atomic E-state index is 11.8. The third kappa shape index (κ3) is 9.46. The molecule has 0 aliphatic rings. The Balaban J connectivity index is 2.25. The number of unbranched alkanes of at least 4 members (excludes halogenated alkanes) is 1. The molecule has 0 saturated heterocycles. The van der Waals surface area contributed by atoms with Gasteiger partial charge in [0.05, 0.1) is 0 Å². The summed E-state index contributed by atoms with van der Waals surface area (Å²) < 4.78 is 0. The number of hydrogen-bond donors (Lipinski definition) is 4. The minimum Gasteiger partial charge on any atom is -0.356 e. The Morgan fingerprint density at radius 2 is 1.48 bits per heavy atom. The quantitative estimate of drug-likeness (QED) is 0.279. The molecule has 0 spiro atoms. The van der Waals surface area contributed by atoms with E-state index in [1.807, 2.05) is 31.2 Å². The summed E-state index contributed by atoms with van der Waals surface area (Å²) in [6, 6.07) is 7.58. The highest BCUT2D eigenvalue weighted by Gasteiger charge is 2.05. The summed E-state index contributed by atoms with van der Waals surface area (Å²) in [6.07, 6.45) is 3.78. The molecule has 0 saturated carbocycles. The molecule has 7 heteroatoms. The third-order valence-corrected chi connectivity index (χ3v) is 3.66. The maximum absolute atomic E-state index is 11.8. The summed E-state index contributed by atoms with van der Waals surface area (Å²) in [5.41, 5.74) is 3.41. The van der Waals surface area contributed by atoms with E-state index in [2.05, 4.69) is 10.6 Å². The van der Waals surface area contributed by atoms with Crippen LogP contribution in [-0.4, -0.2) is 29.5 Å². The predicted molar refractivity (Wildman–Crippen MR) is 95.1 cm³/mol. The number of nitrogens with one attached hydrogen (secondary N) is 3. The molecule has 0 heterocycles. The van der Waals surface area contributed by atoms with Crippen molar-refractivity contribution in [3.8, 4) is 0 Å². The second-order valence-corrected chi connectivity index (χ2v) is 5.79. The summed E-state index contributed by atoms with van der Waals surface area (Å²) >= 11 is 0. The average molecular weight is 349 g/mol. The van der Waals surface area contributed by atoms with Crippen molar-refractivity contribution in [2.24, 2.45) is 0 Å². The Hall–Kier alpha value is -2.41. The van der Waals surface area contributed by atoms with Crippen LogP contribution in [0.4, 0.5) is 5.69 Å². The first-order chi connectivity index (χ1) is 12.0. The van der Waals surface area contributed by atoms with Gasteiger partial charge in [0, 0.05) is 31.5 Å². The van der Waals surface area contributed by atoms with Crippen LogP contribution >= 0.6 is 0 Å². The molecule has 0 aliphatic carbocycles. The van der Waals surface area contributed by atoms with Gasteiger partial charge in [0.15, 0.2) is 0 Å². The fourth-order valence-corrected chi connectivity index (χ4v) is 2.34. The smallest absolute Gasteiger partial charge is 0.243 e. The van der Waals surface area contributed by atoms with Crippen molar-refractivity contribution in [3.05, 3.63) is 29.8 Å². The first-order valence-corrected chi connectivity index (χ1v) is 8.63. The van der Waals surface area contributed by atoms with Gasteiger partial charge in [-0.25, -0.2) is 5.48 Å². The van der Waals surface area contributed by atoms with E-state index < -0.39 is 5.91 Å². The largest absolute Gasteiger partial charge is 0.356 e. The number of hydrogen-bond acceptors (Lipinski definition) is 4. The average Bonchev–Trinajstić information content (AvgIpc) is 2.60. The molecule has 0 fully saturated rings. The van der Waals surface area contributed by atoms with E-state index in [9.17, 15) is 14.4 Å². The highest BCUT2D eigenvalue weighted by molar-refractivity contribution is 5.90. The number of anilines is 1. The molecule has 0 unspecified atom stereocenters. The van der Waals surface area contributed by atoms with Crippen LogP contribution in [-0.2, 0) is 20.8 Å². The normalized spacial score (nSPS) is 10.2. The fourth-order valence-electron chi connectivity index (χ4n) is 2.34. The number of rotatable bonds is 11. The highest BCUT2D eigenvalue weighted by Crippen LogP contribution is 2.13. The lowest BCUT2D eigenvalue weighted by atomic mass is 10.1. The Labute approximate surface area is 148 Å². The Bertz CT molecular complexity index is 558. The van der Waals surface area contributed by atoms with E-state index in [1.54, 1.807) is 5.48 Å². The molecule has 7 nitrogen and oxygen atoms in total. The fraction of sp³-hybridized carbons (Fsp3) is 0.500. The van der Waals surface area contributed by atoms with E-state index in [0.717, 1.165) is 24.1 Å². The van der Waals surface area contributed by atoms with Crippen LogP contribution in [0.25, 0.3) is 0 Å². The van der Waals surface area contributed by atoms with Crippen LogP contribution in [0.15, 0.2) is 24.3 Å². The lowest BCUT2D eigenvalue weighted by Crippen LogP contribution is -2.22. The number of amides is 3. The second-order valence-electron chi connectivity index (χ2n) is 5.79. The van der Waals surface area contributed by atoms with E-state index in [1.165, 1.54) is 0 Å². The van der Waals surface area contributed by atoms with Crippen molar-refractivity contribution in [1.82, 2.24) is 10.8 Å². The zero-order valence-corrected chi connectivity index (χ0v) is 14.6. The summed E-state index contributed by atoms with van der Waals surface area (Å²) in [7, 11) is 0. The minimum absolute atomic E-state index is 0.0721. The molecule has 25 heavy (non-hydrogen) atoms. The van der Waals surface area contributed by atoms with Crippen molar-refractivity contribution in [2.45, 2.75) is 51.9 Å². The van der Waals surface area contributed by atoms with Crippen molar-refractivity contribution in [2.75, 3.05) is 11.9 Å². The molecule has 138 valence electrons. The zero-order chi connectivity index (χ0) is 18.5. The molecule has 0 bridgehead atoms. The lowest BCUT2D eigenvalue weighted by Gasteiger charge is -2.07. The van der Waals surface area contributed by atoms with Gasteiger partial charge in [-0.1, -0.05) is 12.1 Å². The number of carbonyl (C=O) groups is 3. The van der Waals surface area contributed by atoms with Gasteiger partial charge in [0.25, 0.3) is 0 Å². The van der Waals surface area contributed by atoms with Gasteiger partial charge in [-0.3, -0.25) is 19.6 Å². The van der Waals surface area contributed by atoms with Crippen molar-refractivity contribution in [3.63, 3.8) is 0 Å². The number of carbonyl (C=O) groups excluding carboxylic acids is 3. The molecular formula is C18H27N3O4. The minimum atomic E-state index is -0.442. The summed E-state index contributed by atoms with van der Waals surface area (Å²) in [5, 5.41) is 13.9. The van der Waals surface area contributed by atoms with Crippen LogP contribution in [0.2, 0.25) is 0 Å². The van der Waals surface area contributed by atoms with Gasteiger partial charge in [-0.05, 0) is 50.3 Å². The Kier molecular flexibility index (Phi) is 9.92. The van der Waals surface area contributed by atoms with Crippen LogP contribution in [0.5, 0.6) is 0 Å². The number of hydroxylamine groups is 1. The summed E-state index contributed by atoms with van der Waals surface area (Å²) in [5.74, 6) is -0.473. The van der Waals surface area contributed by atoms with E-state index in [0.29, 0.717) is 32.2 Å². The van der Waals surface area contributed by atoms with Gasteiger partial charge >= 0.3 is 0 Å². The summed E-state index contributed by atoms with van der Waals surface area (Å²) in [6.45, 7) is 2.55. The Morgan fingerprint density at radius 1 is 0.880 bits per heavy atom. The third-order valence-electron chi connectivity index (χ3n) is 3.66. The SMILES string of the molecule is CCNC(=O)CCCc1ccc(NC(=O)CCCCC(=O)NO)cc1. The van der Waals surface area contributed by atoms with E-state index in [4.69, 9.17) is 5.21 Å². The molecule has 0 aromatic heterocycles. The summed E-state index contributed by atoms with van der Waals surface area (Å²) in [4.78, 5) is 34.0. The molecular weight excluding hydrogens is 322 g/mol. The van der Waals surface area contributed by atoms with Crippen LogP contribution in [0.3, 0.4) is 0 Å². The van der Waals surface area contributed by atoms with Gasteiger partial charge in [-0.15, -0.1) is 0 Å².